The summed E-state index contributed by atoms with van der Waals surface area (Å²) in [6.07, 6.45) is 6.24. The number of unbranched alkanes of at least 4 members (excludes halogenated alkanes) is 4. The summed E-state index contributed by atoms with van der Waals surface area (Å²) in [6, 6.07) is 8.16. The van der Waals surface area contributed by atoms with Crippen molar-refractivity contribution in [2.45, 2.75) is 45.6 Å². The van der Waals surface area contributed by atoms with Gasteiger partial charge in [-0.3, -0.25) is 9.69 Å². The number of rotatable bonds is 10. The molecule has 0 bridgehead atoms. The smallest absolute Gasteiger partial charge is 0.309 e. The third kappa shape index (κ3) is 5.34. The third-order valence-electron chi connectivity index (χ3n) is 4.15. The topological polar surface area (TPSA) is 49.8 Å². The van der Waals surface area contributed by atoms with Gasteiger partial charge in [-0.05, 0) is 24.1 Å². The van der Waals surface area contributed by atoms with E-state index in [0.29, 0.717) is 13.1 Å². The molecule has 1 aromatic rings. The zero-order valence-electron chi connectivity index (χ0n) is 13.5. The van der Waals surface area contributed by atoms with Gasteiger partial charge in [-0.25, -0.2) is 0 Å². The van der Waals surface area contributed by atoms with Crippen molar-refractivity contribution in [2.75, 3.05) is 19.7 Å². The molecular formula is C18H27NO3. The molecule has 4 nitrogen and oxygen atoms in total. The minimum atomic E-state index is -0.682. The number of hydrogen-bond donors (Lipinski definition) is 1. The maximum Gasteiger partial charge on any atom is 0.309 e. The summed E-state index contributed by atoms with van der Waals surface area (Å²) in [6.45, 7) is 5.15. The van der Waals surface area contributed by atoms with Gasteiger partial charge in [0, 0.05) is 19.6 Å². The molecule has 0 aromatic heterocycles. The van der Waals surface area contributed by atoms with Crippen LogP contribution in [0.2, 0.25) is 0 Å². The summed E-state index contributed by atoms with van der Waals surface area (Å²) in [5, 5.41) is 8.86. The molecule has 1 aromatic carbocycles. The van der Waals surface area contributed by atoms with Gasteiger partial charge in [-0.15, -0.1) is 0 Å². The molecule has 1 saturated heterocycles. The van der Waals surface area contributed by atoms with Gasteiger partial charge in [0.25, 0.3) is 0 Å². The van der Waals surface area contributed by atoms with Gasteiger partial charge >= 0.3 is 5.97 Å². The average Bonchev–Trinajstić information content (AvgIpc) is 2.47. The maximum atomic E-state index is 10.8. The van der Waals surface area contributed by atoms with Crippen LogP contribution in [-0.4, -0.2) is 35.7 Å². The van der Waals surface area contributed by atoms with E-state index in [-0.39, 0.29) is 5.92 Å². The van der Waals surface area contributed by atoms with Crippen LogP contribution in [-0.2, 0) is 11.3 Å². The molecule has 1 fully saturated rings. The average molecular weight is 305 g/mol. The van der Waals surface area contributed by atoms with Crippen LogP contribution in [0.5, 0.6) is 5.75 Å². The first-order chi connectivity index (χ1) is 10.7. The van der Waals surface area contributed by atoms with Crippen LogP contribution in [0.15, 0.2) is 24.3 Å². The lowest BCUT2D eigenvalue weighted by Gasteiger charge is -2.36. The molecule has 0 aliphatic carbocycles. The molecule has 4 heteroatoms. The van der Waals surface area contributed by atoms with Crippen LogP contribution >= 0.6 is 0 Å². The highest BCUT2D eigenvalue weighted by Crippen LogP contribution is 2.20. The zero-order chi connectivity index (χ0) is 15.8. The summed E-state index contributed by atoms with van der Waals surface area (Å²) < 4.78 is 5.74. The Morgan fingerprint density at radius 2 is 1.86 bits per heavy atom. The van der Waals surface area contributed by atoms with Gasteiger partial charge in [0.1, 0.15) is 5.75 Å². The largest absolute Gasteiger partial charge is 0.494 e. The van der Waals surface area contributed by atoms with Crippen LogP contribution in [0.1, 0.15) is 44.6 Å². The zero-order valence-corrected chi connectivity index (χ0v) is 13.5. The molecular weight excluding hydrogens is 278 g/mol. The van der Waals surface area contributed by atoms with Crippen molar-refractivity contribution in [2.24, 2.45) is 5.92 Å². The van der Waals surface area contributed by atoms with Crippen molar-refractivity contribution in [3.05, 3.63) is 29.8 Å². The number of ether oxygens (including phenoxy) is 1. The minimum Gasteiger partial charge on any atom is -0.494 e. The Balaban J connectivity index is 1.62. The van der Waals surface area contributed by atoms with Crippen molar-refractivity contribution in [1.82, 2.24) is 4.90 Å². The van der Waals surface area contributed by atoms with Crippen LogP contribution in [0.25, 0.3) is 0 Å². The second kappa shape index (κ2) is 8.79. The third-order valence-corrected chi connectivity index (χ3v) is 4.15. The van der Waals surface area contributed by atoms with Crippen LogP contribution in [0.4, 0.5) is 0 Å². The molecule has 22 heavy (non-hydrogen) atoms. The first-order valence-electron chi connectivity index (χ1n) is 8.36. The Labute approximate surface area is 133 Å². The molecule has 0 spiro atoms. The van der Waals surface area contributed by atoms with E-state index in [2.05, 4.69) is 24.0 Å². The molecule has 0 amide bonds. The van der Waals surface area contributed by atoms with Crippen molar-refractivity contribution < 1.29 is 14.6 Å². The lowest BCUT2D eigenvalue weighted by atomic mass is 10.00. The van der Waals surface area contributed by atoms with Gasteiger partial charge in [-0.2, -0.15) is 0 Å². The molecule has 0 atom stereocenters. The predicted octanol–water partition coefficient (Wildman–Crippen LogP) is 3.55. The first kappa shape index (κ1) is 16.8. The van der Waals surface area contributed by atoms with Gasteiger partial charge in [0.05, 0.1) is 12.5 Å². The minimum absolute atomic E-state index is 0.185. The fraction of sp³-hybridized carbons (Fsp3) is 0.611. The number of carbonyl (C=O) groups is 1. The Morgan fingerprint density at radius 1 is 1.18 bits per heavy atom. The molecule has 0 unspecified atom stereocenters. The molecule has 0 saturated carbocycles. The van der Waals surface area contributed by atoms with E-state index in [1.54, 1.807) is 0 Å². The van der Waals surface area contributed by atoms with Crippen molar-refractivity contribution in [3.8, 4) is 5.75 Å². The summed E-state index contributed by atoms with van der Waals surface area (Å²) >= 11 is 0. The van der Waals surface area contributed by atoms with Gasteiger partial charge in [0.15, 0.2) is 0 Å². The van der Waals surface area contributed by atoms with E-state index in [4.69, 9.17) is 9.84 Å². The number of hydrogen-bond acceptors (Lipinski definition) is 3. The molecule has 1 N–H and O–H groups in total. The van der Waals surface area contributed by atoms with Crippen LogP contribution in [0, 0.1) is 5.92 Å². The van der Waals surface area contributed by atoms with Crippen LogP contribution < -0.4 is 4.74 Å². The second-order valence-corrected chi connectivity index (χ2v) is 6.14. The van der Waals surface area contributed by atoms with Crippen molar-refractivity contribution in [3.63, 3.8) is 0 Å². The highest BCUT2D eigenvalue weighted by atomic mass is 16.5. The Morgan fingerprint density at radius 3 is 2.50 bits per heavy atom. The molecule has 1 aliphatic rings. The fourth-order valence-corrected chi connectivity index (χ4v) is 2.70. The van der Waals surface area contributed by atoms with Gasteiger partial charge < -0.3 is 9.84 Å². The predicted molar refractivity (Wildman–Crippen MR) is 87.1 cm³/mol. The Hall–Kier alpha value is -1.55. The SMILES string of the molecule is CCCCCCCOc1ccc(CN2CC(C(=O)O)C2)cc1. The fourth-order valence-electron chi connectivity index (χ4n) is 2.70. The normalized spacial score (nSPS) is 15.5. The van der Waals surface area contributed by atoms with Gasteiger partial charge in [0.2, 0.25) is 0 Å². The van der Waals surface area contributed by atoms with E-state index in [0.717, 1.165) is 25.3 Å². The number of aliphatic carboxylic acids is 1. The van der Waals surface area contributed by atoms with E-state index in [9.17, 15) is 4.79 Å². The summed E-state index contributed by atoms with van der Waals surface area (Å²) in [4.78, 5) is 12.9. The van der Waals surface area contributed by atoms with E-state index < -0.39 is 5.97 Å². The molecule has 1 heterocycles. The summed E-state index contributed by atoms with van der Waals surface area (Å²) in [7, 11) is 0. The number of likely N-dealkylation sites (tertiary alicyclic amines) is 1. The number of nitrogens with zero attached hydrogens (tertiary/aromatic N) is 1. The summed E-state index contributed by atoms with van der Waals surface area (Å²) in [5.41, 5.74) is 1.21. The first-order valence-corrected chi connectivity index (χ1v) is 8.36. The number of carboxylic acids is 1. The number of carboxylic acid groups (broad SMARTS) is 1. The lowest BCUT2D eigenvalue weighted by Crippen LogP contribution is -2.49. The molecule has 0 radical (unpaired) electrons. The van der Waals surface area contributed by atoms with E-state index in [1.807, 2.05) is 12.1 Å². The van der Waals surface area contributed by atoms with E-state index >= 15 is 0 Å². The van der Waals surface area contributed by atoms with Crippen LogP contribution in [0.3, 0.4) is 0 Å². The quantitative estimate of drug-likeness (QED) is 0.672. The lowest BCUT2D eigenvalue weighted by molar-refractivity contribution is -0.147. The highest BCUT2D eigenvalue weighted by Gasteiger charge is 2.31. The van der Waals surface area contributed by atoms with Crippen molar-refractivity contribution >= 4 is 5.97 Å². The number of benzene rings is 1. The standard InChI is InChI=1S/C18H27NO3/c1-2-3-4-5-6-11-22-17-9-7-15(8-10-17)12-19-13-16(14-19)18(20)21/h7-10,16H,2-6,11-14H2,1H3,(H,20,21). The Bertz CT molecular complexity index is 452. The monoisotopic (exact) mass is 305 g/mol. The van der Waals surface area contributed by atoms with E-state index in [1.165, 1.54) is 31.2 Å². The Kier molecular flexibility index (Phi) is 6.72. The highest BCUT2D eigenvalue weighted by molar-refractivity contribution is 5.71. The summed E-state index contributed by atoms with van der Waals surface area (Å²) in [5.74, 6) is 0.0560. The van der Waals surface area contributed by atoms with Crippen molar-refractivity contribution in [1.29, 1.82) is 0 Å². The maximum absolute atomic E-state index is 10.8. The second-order valence-electron chi connectivity index (χ2n) is 6.14. The molecule has 1 aliphatic heterocycles. The van der Waals surface area contributed by atoms with Gasteiger partial charge in [-0.1, -0.05) is 44.7 Å². The molecule has 2 rings (SSSR count). The molecule has 122 valence electrons.